The van der Waals surface area contributed by atoms with Gasteiger partial charge in [0.1, 0.15) is 0 Å². The summed E-state index contributed by atoms with van der Waals surface area (Å²) in [5, 5.41) is 25.0. The quantitative estimate of drug-likeness (QED) is 0.0950. The second-order valence-electron chi connectivity index (χ2n) is 18.0. The van der Waals surface area contributed by atoms with Crippen LogP contribution in [-0.2, 0) is 13.1 Å². The summed E-state index contributed by atoms with van der Waals surface area (Å²) in [6.45, 7) is 0.818. The highest BCUT2D eigenvalue weighted by atomic mass is 15.0. The first-order valence-electron chi connectivity index (χ1n) is 22.8. The van der Waals surface area contributed by atoms with E-state index in [9.17, 15) is 0 Å². The molecule has 2 heteroatoms. The van der Waals surface area contributed by atoms with Gasteiger partial charge in [-0.25, -0.2) is 0 Å². The molecule has 0 aliphatic rings. The van der Waals surface area contributed by atoms with Crippen molar-refractivity contribution in [1.29, 1.82) is 0 Å². The molecule has 0 N–H and O–H groups in total. The van der Waals surface area contributed by atoms with Gasteiger partial charge in [0.25, 0.3) is 0 Å². The van der Waals surface area contributed by atoms with Gasteiger partial charge in [0.2, 0.25) is 0 Å². The fourth-order valence-corrected chi connectivity index (χ4v) is 12.6. The van der Waals surface area contributed by atoms with Crippen LogP contribution in [0.2, 0.25) is 0 Å². The molecule has 0 aliphatic heterocycles. The van der Waals surface area contributed by atoms with Crippen LogP contribution in [0.3, 0.4) is 0 Å². The Morgan fingerprint density at radius 2 is 0.606 bits per heavy atom. The zero-order valence-electron chi connectivity index (χ0n) is 35.8. The third-order valence-electron chi connectivity index (χ3n) is 15.0. The van der Waals surface area contributed by atoms with E-state index in [0.29, 0.717) is 13.1 Å². The molecule has 15 aromatic rings. The van der Waals surface area contributed by atoms with Gasteiger partial charge in [-0.3, -0.25) is 0 Å². The van der Waals surface area contributed by atoms with E-state index in [-0.39, 0.29) is 0 Å². The predicted molar refractivity (Wildman–Crippen MR) is 283 cm³/mol. The summed E-state index contributed by atoms with van der Waals surface area (Å²) < 4.78 is 4.81. The number of rotatable bonds is 4. The van der Waals surface area contributed by atoms with Crippen LogP contribution in [0.25, 0.3) is 152 Å². The number of benzene rings is 13. The molecule has 0 fully saturated rings. The minimum Gasteiger partial charge on any atom is -0.328 e. The second-order valence-corrected chi connectivity index (χ2v) is 18.0. The minimum absolute atomic E-state index is 0.409. The molecule has 0 unspecified atom stereocenters. The van der Waals surface area contributed by atoms with E-state index in [0.717, 1.165) is 32.8 Å². The van der Waals surface area contributed by atoms with Crippen molar-refractivity contribution in [3.05, 3.63) is 182 Å². The van der Waals surface area contributed by atoms with Crippen LogP contribution in [0.5, 0.6) is 0 Å². The summed E-state index contributed by atoms with van der Waals surface area (Å²) in [5.41, 5.74) is 9.19. The molecule has 13 aromatic carbocycles. The Labute approximate surface area is 379 Å². The molecule has 15 rings (SSSR count). The molecule has 0 bridgehead atoms. The van der Waals surface area contributed by atoms with Crippen molar-refractivity contribution >= 4 is 130 Å². The number of aromatic nitrogens is 2. The Balaban J connectivity index is 1.21. The van der Waals surface area contributed by atoms with E-state index in [1.54, 1.807) is 0 Å². The zero-order chi connectivity index (χ0) is 43.4. The maximum absolute atomic E-state index is 6.43. The van der Waals surface area contributed by atoms with Crippen molar-refractivity contribution in [3.63, 3.8) is 0 Å². The van der Waals surface area contributed by atoms with Gasteiger partial charge in [0.15, 0.2) is 0 Å². The maximum Gasteiger partial charge on any atom is 0.0841 e. The van der Waals surface area contributed by atoms with Crippen molar-refractivity contribution in [3.8, 4) is 46.9 Å². The van der Waals surface area contributed by atoms with Crippen molar-refractivity contribution < 1.29 is 0 Å². The molecule has 2 nitrogen and oxygen atoms in total. The van der Waals surface area contributed by atoms with Gasteiger partial charge in [-0.1, -0.05) is 182 Å². The number of hydrogen-bond acceptors (Lipinski definition) is 0. The third kappa shape index (κ3) is 4.34. The lowest BCUT2D eigenvalue weighted by atomic mass is 9.83. The summed E-state index contributed by atoms with van der Waals surface area (Å²) in [6, 6.07) is 67.8. The molecule has 0 saturated carbocycles. The topological polar surface area (TPSA) is 9.86 Å². The summed E-state index contributed by atoms with van der Waals surface area (Å²) in [5.74, 6) is 6.22. The predicted octanol–water partition coefficient (Wildman–Crippen LogP) is 16.6. The van der Waals surface area contributed by atoms with Crippen LogP contribution >= 0.6 is 0 Å². The lowest BCUT2D eigenvalue weighted by Gasteiger charge is -2.21. The summed E-state index contributed by atoms with van der Waals surface area (Å²) in [7, 11) is 0. The smallest absolute Gasteiger partial charge is 0.0841 e. The van der Waals surface area contributed by atoms with Gasteiger partial charge in [0.05, 0.1) is 35.2 Å². The molecule has 66 heavy (non-hydrogen) atoms. The monoisotopic (exact) mass is 832 g/mol. The maximum atomic E-state index is 6.43. The number of nitrogens with zero attached hydrogens (tertiary/aromatic N) is 2. The average molecular weight is 833 g/mol. The molecule has 0 radical (unpaired) electrons. The molecule has 0 amide bonds. The molecule has 2 heterocycles. The van der Waals surface area contributed by atoms with Crippen LogP contribution in [0, 0.1) is 24.7 Å². The number of para-hydroxylation sites is 2. The SMILES string of the molecule is C#CCn1c2ccccc2c2c(-c3ccc4c5cccc6cccc(c7cccc3c74)c65)c3c(c(-c4ccc5c6cccc7cccc(c8cccc4c85)c76)c21)c1ccccc1n3CC#C. The standard InChI is InChI=1S/C64H36N2/c1-3-35-65-53-29-7-5-19-51(53)61-60(50-34-32-48-42-24-12-18-38-16-10-22-40(56(38)42)44-26-14-28-46(50)58(44)48)64-62(52-20-6-8-30-54(52)66(64)36-4-2)59(63(61)65)49-33-31-47-41-23-11-17-37-15-9-21-39(55(37)41)43-25-13-27-45(49)57(43)47/h1-2,5-34H,35-36H2. The number of fused-ring (bicyclic) bond motifs is 10. The van der Waals surface area contributed by atoms with Gasteiger partial charge >= 0.3 is 0 Å². The highest BCUT2D eigenvalue weighted by Gasteiger charge is 2.30. The normalized spacial score (nSPS) is 12.3. The van der Waals surface area contributed by atoms with Gasteiger partial charge in [-0.15, -0.1) is 12.8 Å². The number of hydrogen-bond donors (Lipinski definition) is 0. The fraction of sp³-hybridized carbons (Fsp3) is 0.0312. The fourth-order valence-electron chi connectivity index (χ4n) is 12.6. The minimum atomic E-state index is 0.409. The van der Waals surface area contributed by atoms with Gasteiger partial charge < -0.3 is 9.13 Å². The highest BCUT2D eigenvalue weighted by Crippen LogP contribution is 2.54. The average Bonchev–Trinajstić information content (AvgIpc) is 3.86. The first-order valence-corrected chi connectivity index (χ1v) is 22.8. The Morgan fingerprint density at radius 3 is 1.00 bits per heavy atom. The lowest BCUT2D eigenvalue weighted by Crippen LogP contribution is -2.01. The molecular weight excluding hydrogens is 797 g/mol. The second kappa shape index (κ2) is 12.9. The Hall–Kier alpha value is -8.82. The summed E-state index contributed by atoms with van der Waals surface area (Å²) >= 11 is 0. The third-order valence-corrected chi connectivity index (χ3v) is 15.0. The van der Waals surface area contributed by atoms with Crippen LogP contribution in [0.15, 0.2) is 182 Å². The van der Waals surface area contributed by atoms with Crippen LogP contribution in [-0.4, -0.2) is 9.13 Å². The van der Waals surface area contributed by atoms with Crippen LogP contribution in [0.1, 0.15) is 0 Å². The molecular formula is C64H36N2. The highest BCUT2D eigenvalue weighted by molar-refractivity contribution is 6.40. The molecule has 0 saturated heterocycles. The van der Waals surface area contributed by atoms with Crippen molar-refractivity contribution in [2.45, 2.75) is 13.1 Å². The Morgan fingerprint density at radius 1 is 0.288 bits per heavy atom. The van der Waals surface area contributed by atoms with Crippen LogP contribution in [0.4, 0.5) is 0 Å². The summed E-state index contributed by atoms with van der Waals surface area (Å²) in [6.07, 6.45) is 12.9. The van der Waals surface area contributed by atoms with E-state index in [1.807, 2.05) is 0 Å². The van der Waals surface area contributed by atoms with Gasteiger partial charge in [-0.05, 0) is 109 Å². The van der Waals surface area contributed by atoms with E-state index >= 15 is 0 Å². The lowest BCUT2D eigenvalue weighted by molar-refractivity contribution is 0.922. The van der Waals surface area contributed by atoms with E-state index in [4.69, 9.17) is 12.8 Å². The molecule has 0 atom stereocenters. The first kappa shape index (κ1) is 35.6. The number of terminal acetylenes is 2. The zero-order valence-corrected chi connectivity index (χ0v) is 35.8. The van der Waals surface area contributed by atoms with Gasteiger partial charge in [0, 0.05) is 32.7 Å². The first-order chi connectivity index (χ1) is 32.7. The Bertz CT molecular complexity index is 4310. The van der Waals surface area contributed by atoms with Crippen molar-refractivity contribution in [2.24, 2.45) is 0 Å². The van der Waals surface area contributed by atoms with Crippen molar-refractivity contribution in [1.82, 2.24) is 9.13 Å². The van der Waals surface area contributed by atoms with E-state index in [2.05, 4.69) is 203 Å². The molecule has 2 aromatic heterocycles. The van der Waals surface area contributed by atoms with Crippen molar-refractivity contribution in [2.75, 3.05) is 0 Å². The molecule has 302 valence electrons. The van der Waals surface area contributed by atoms with Crippen LogP contribution < -0.4 is 0 Å². The molecule has 0 aliphatic carbocycles. The van der Waals surface area contributed by atoms with E-state index < -0.39 is 0 Å². The Kier molecular flexibility index (Phi) is 6.96. The van der Waals surface area contributed by atoms with Gasteiger partial charge in [-0.2, -0.15) is 0 Å². The molecule has 0 spiro atoms. The summed E-state index contributed by atoms with van der Waals surface area (Å²) in [4.78, 5) is 0. The van der Waals surface area contributed by atoms with E-state index in [1.165, 1.54) is 119 Å². The largest absolute Gasteiger partial charge is 0.328 e.